The van der Waals surface area contributed by atoms with E-state index in [0.29, 0.717) is 5.56 Å². The zero-order valence-electron chi connectivity index (χ0n) is 32.9. The predicted molar refractivity (Wildman–Crippen MR) is 249 cm³/mol. The number of nitriles is 1. The maximum atomic E-state index is 9.78. The third kappa shape index (κ3) is 4.29. The Balaban J connectivity index is 1.04. The van der Waals surface area contributed by atoms with Gasteiger partial charge in [-0.1, -0.05) is 84.9 Å². The average Bonchev–Trinajstić information content (AvgIpc) is 4.16. The van der Waals surface area contributed by atoms with Crippen LogP contribution in [0.5, 0.6) is 0 Å². The van der Waals surface area contributed by atoms with Crippen molar-refractivity contribution in [2.75, 3.05) is 0 Å². The lowest BCUT2D eigenvalue weighted by Crippen LogP contribution is -2.04. The summed E-state index contributed by atoms with van der Waals surface area (Å²) in [5, 5.41) is 13.3. The average molecular weight is 794 g/mol. The summed E-state index contributed by atoms with van der Waals surface area (Å²) in [4.78, 5) is 10.3. The molecule has 0 aliphatic heterocycles. The normalized spacial score (nSPS) is 12.2. The number of hydrogen-bond donors (Lipinski definition) is 0. The summed E-state index contributed by atoms with van der Waals surface area (Å²) in [5.74, 6) is 1.67. The van der Waals surface area contributed by atoms with Crippen molar-refractivity contribution in [2.45, 2.75) is 0 Å². The molecule has 8 aromatic carbocycles. The number of aromatic nitrogens is 8. The lowest BCUT2D eigenvalue weighted by atomic mass is 10.1. The van der Waals surface area contributed by atoms with Crippen LogP contribution in [0.4, 0.5) is 0 Å². The minimum Gasteiger partial charge on any atom is -0.295 e. The minimum absolute atomic E-state index is 0.604. The third-order valence-electron chi connectivity index (χ3n) is 12.6. The smallest absolute Gasteiger partial charge is 0.220 e. The first-order chi connectivity index (χ1) is 30.7. The molecule has 0 N–H and O–H groups in total. The van der Waals surface area contributed by atoms with Gasteiger partial charge in [0.15, 0.2) is 0 Å². The number of rotatable bonds is 4. The van der Waals surface area contributed by atoms with Crippen LogP contribution < -0.4 is 0 Å². The van der Waals surface area contributed by atoms with Gasteiger partial charge in [-0.05, 0) is 103 Å². The second-order valence-corrected chi connectivity index (χ2v) is 15.9. The fraction of sp³-hybridized carbons (Fsp3) is 0. The summed E-state index contributed by atoms with van der Waals surface area (Å²) in [6.07, 6.45) is 0. The Morgan fingerprint density at radius 3 is 1.34 bits per heavy atom. The standard InChI is InChI=1S/C53H31N9/c54-32-33-27-28-41-49(29-33)62-48-26-10-8-24-46(48)60(53(62)56-41)37-16-12-14-35(31-37)58-43-21-5-2-18-39(43)50-38-17-1-4-20-42(38)57(51(50)58)34-13-11-15-36(30-34)59-45-23-7-9-25-47(45)61-44-22-6-3-19-40(44)55-52(59)61/h1-31H. The summed E-state index contributed by atoms with van der Waals surface area (Å²) in [5.41, 5.74) is 16.0. The first-order valence-corrected chi connectivity index (χ1v) is 20.7. The van der Waals surface area contributed by atoms with Crippen molar-refractivity contribution >= 4 is 88.5 Å². The van der Waals surface area contributed by atoms with Gasteiger partial charge in [0.2, 0.25) is 11.6 Å². The van der Waals surface area contributed by atoms with Crippen molar-refractivity contribution in [2.24, 2.45) is 0 Å². The van der Waals surface area contributed by atoms with Crippen molar-refractivity contribution in [3.05, 3.63) is 194 Å². The highest BCUT2D eigenvalue weighted by atomic mass is 15.2. The molecule has 0 unspecified atom stereocenters. The quantitative estimate of drug-likeness (QED) is 0.178. The molecule has 0 radical (unpaired) electrons. The SMILES string of the molecule is N#Cc1ccc2nc3n(-c4cccc(-n5c6ccccc6c6c7ccccc7n(-c7cccc(-n8c9ccccc9n9c%10ccccc%10nc89)c7)c65)c4)c4ccccc4n3c2c1. The van der Waals surface area contributed by atoms with Gasteiger partial charge in [-0.15, -0.1) is 0 Å². The van der Waals surface area contributed by atoms with Crippen LogP contribution in [-0.2, 0) is 0 Å². The van der Waals surface area contributed by atoms with Crippen molar-refractivity contribution < 1.29 is 0 Å². The number of benzene rings is 8. The lowest BCUT2D eigenvalue weighted by molar-refractivity contribution is 1.05. The van der Waals surface area contributed by atoms with Gasteiger partial charge in [0.25, 0.3) is 0 Å². The van der Waals surface area contributed by atoms with E-state index in [2.05, 4.69) is 197 Å². The molecular weight excluding hydrogens is 763 g/mol. The number of hydrogen-bond acceptors (Lipinski definition) is 3. The first-order valence-electron chi connectivity index (χ1n) is 20.7. The highest BCUT2D eigenvalue weighted by Crippen LogP contribution is 2.42. The molecule has 0 spiro atoms. The number of nitrogens with zero attached hydrogens (tertiary/aromatic N) is 9. The molecule has 0 saturated heterocycles. The topological polar surface area (TPSA) is 78.1 Å². The van der Waals surface area contributed by atoms with Crippen LogP contribution in [0.25, 0.3) is 111 Å². The third-order valence-corrected chi connectivity index (χ3v) is 12.6. The van der Waals surface area contributed by atoms with E-state index in [9.17, 15) is 5.26 Å². The van der Waals surface area contributed by atoms with E-state index in [1.807, 2.05) is 24.3 Å². The first kappa shape index (κ1) is 33.0. The lowest BCUT2D eigenvalue weighted by Gasteiger charge is -2.15. The molecule has 62 heavy (non-hydrogen) atoms. The molecule has 9 nitrogen and oxygen atoms in total. The van der Waals surface area contributed by atoms with E-state index in [4.69, 9.17) is 9.97 Å². The Kier molecular flexibility index (Phi) is 6.44. The maximum Gasteiger partial charge on any atom is 0.220 e. The van der Waals surface area contributed by atoms with Gasteiger partial charge < -0.3 is 0 Å². The summed E-state index contributed by atoms with van der Waals surface area (Å²) in [6, 6.07) is 68.3. The van der Waals surface area contributed by atoms with Gasteiger partial charge in [0.05, 0.1) is 78.2 Å². The molecule has 9 heteroatoms. The molecule has 0 saturated carbocycles. The second kappa shape index (κ2) is 12.1. The van der Waals surface area contributed by atoms with Gasteiger partial charge in [0.1, 0.15) is 5.65 Å². The van der Waals surface area contributed by atoms with Gasteiger partial charge in [0, 0.05) is 27.5 Å². The fourth-order valence-corrected chi connectivity index (χ4v) is 10.1. The van der Waals surface area contributed by atoms with E-state index in [1.54, 1.807) is 0 Å². The zero-order chi connectivity index (χ0) is 40.6. The van der Waals surface area contributed by atoms with Crippen LogP contribution in [0.15, 0.2) is 188 Å². The summed E-state index contributed by atoms with van der Waals surface area (Å²) < 4.78 is 13.8. The summed E-state index contributed by atoms with van der Waals surface area (Å²) in [7, 11) is 0. The Morgan fingerprint density at radius 1 is 0.355 bits per heavy atom. The van der Waals surface area contributed by atoms with Crippen LogP contribution in [0.2, 0.25) is 0 Å². The van der Waals surface area contributed by atoms with E-state index >= 15 is 0 Å². The van der Waals surface area contributed by atoms with Crippen molar-refractivity contribution in [3.8, 4) is 28.8 Å². The van der Waals surface area contributed by atoms with Crippen LogP contribution in [0.3, 0.4) is 0 Å². The van der Waals surface area contributed by atoms with Crippen molar-refractivity contribution in [1.29, 1.82) is 5.26 Å². The largest absolute Gasteiger partial charge is 0.295 e. The van der Waals surface area contributed by atoms with Gasteiger partial charge in [-0.2, -0.15) is 5.26 Å². The zero-order valence-corrected chi connectivity index (χ0v) is 32.9. The Bertz CT molecular complexity index is 4250. The van der Waals surface area contributed by atoms with Crippen LogP contribution in [0.1, 0.15) is 5.56 Å². The number of para-hydroxylation sites is 8. The van der Waals surface area contributed by atoms with Gasteiger partial charge in [-0.3, -0.25) is 27.1 Å². The summed E-state index contributed by atoms with van der Waals surface area (Å²) in [6.45, 7) is 0. The van der Waals surface area contributed by atoms with Crippen LogP contribution >= 0.6 is 0 Å². The minimum atomic E-state index is 0.604. The molecule has 0 aliphatic carbocycles. The summed E-state index contributed by atoms with van der Waals surface area (Å²) >= 11 is 0. The molecule has 288 valence electrons. The highest BCUT2D eigenvalue weighted by molar-refractivity contribution is 6.22. The van der Waals surface area contributed by atoms with Gasteiger partial charge in [-0.25, -0.2) is 9.97 Å². The van der Waals surface area contributed by atoms with E-state index in [-0.39, 0.29) is 0 Å². The highest BCUT2D eigenvalue weighted by Gasteiger charge is 2.24. The molecule has 0 aliphatic rings. The molecule has 14 rings (SSSR count). The molecule has 6 aromatic heterocycles. The van der Waals surface area contributed by atoms with Crippen LogP contribution in [0, 0.1) is 11.3 Å². The van der Waals surface area contributed by atoms with E-state index < -0.39 is 0 Å². The van der Waals surface area contributed by atoms with Crippen LogP contribution in [-0.4, -0.2) is 37.0 Å². The maximum absolute atomic E-state index is 9.78. The van der Waals surface area contributed by atoms with Crippen molar-refractivity contribution in [1.82, 2.24) is 37.0 Å². The number of fused-ring (bicyclic) bond motifs is 15. The molecular formula is C53H31N9. The van der Waals surface area contributed by atoms with Crippen molar-refractivity contribution in [3.63, 3.8) is 0 Å². The van der Waals surface area contributed by atoms with E-state index in [0.717, 1.165) is 95.1 Å². The molecule has 6 heterocycles. The Hall–Kier alpha value is -8.87. The second-order valence-electron chi connectivity index (χ2n) is 15.9. The fourth-order valence-electron chi connectivity index (χ4n) is 10.1. The molecule has 0 amide bonds. The predicted octanol–water partition coefficient (Wildman–Crippen LogP) is 12.1. The molecule has 0 atom stereocenters. The molecule has 0 bridgehead atoms. The Labute approximate surface area is 352 Å². The van der Waals surface area contributed by atoms with Gasteiger partial charge >= 0.3 is 0 Å². The number of imidazole rings is 4. The monoisotopic (exact) mass is 793 g/mol. The van der Waals surface area contributed by atoms with E-state index in [1.165, 1.54) is 16.2 Å². The molecule has 0 fully saturated rings. The Morgan fingerprint density at radius 2 is 0.790 bits per heavy atom. The molecule has 14 aromatic rings.